The number of fused-ring (bicyclic) bond motifs is 1. The molecule has 2 aliphatic rings. The van der Waals surface area contributed by atoms with Crippen LogP contribution in [0.25, 0.3) is 0 Å². The number of rotatable bonds is 5. The topological polar surface area (TPSA) is 43.3 Å². The van der Waals surface area contributed by atoms with E-state index in [1.807, 2.05) is 31.2 Å². The number of hydrogen-bond donors (Lipinski definition) is 0. The molecule has 0 bridgehead atoms. The van der Waals surface area contributed by atoms with E-state index in [0.29, 0.717) is 13.2 Å². The zero-order valence-corrected chi connectivity index (χ0v) is 13.2. The van der Waals surface area contributed by atoms with Crippen LogP contribution in [0.1, 0.15) is 26.2 Å². The van der Waals surface area contributed by atoms with Gasteiger partial charge in [0.1, 0.15) is 13.2 Å². The summed E-state index contributed by atoms with van der Waals surface area (Å²) in [5.41, 5.74) is 0.813. The zero-order valence-electron chi connectivity index (χ0n) is 13.2. The van der Waals surface area contributed by atoms with Crippen LogP contribution in [0.15, 0.2) is 29.4 Å². The zero-order chi connectivity index (χ0) is 15.2. The van der Waals surface area contributed by atoms with Gasteiger partial charge in [-0.15, -0.1) is 0 Å². The number of nitrogens with zero attached hydrogens (tertiary/aromatic N) is 2. The second-order valence-electron chi connectivity index (χ2n) is 5.83. The van der Waals surface area contributed by atoms with Crippen molar-refractivity contribution in [1.82, 2.24) is 4.90 Å². The Morgan fingerprint density at radius 1 is 1.23 bits per heavy atom. The molecule has 0 N–H and O–H groups in total. The molecule has 1 saturated heterocycles. The molecule has 1 atom stereocenters. The van der Waals surface area contributed by atoms with Gasteiger partial charge >= 0.3 is 0 Å². The summed E-state index contributed by atoms with van der Waals surface area (Å²) in [6.45, 7) is 6.33. The summed E-state index contributed by atoms with van der Waals surface area (Å²) >= 11 is 0. The smallest absolute Gasteiger partial charge is 0.174 e. The standard InChI is InChI=1S/C17H24N2O3/c1-14(18-21-12-11-19-9-5-2-6-10-19)17-13-20-15-7-3-4-8-16(15)22-17/h3-4,7-8,17H,2,5-6,9-13H2,1H3/b18-14-. The first-order valence-corrected chi connectivity index (χ1v) is 8.10. The predicted octanol–water partition coefficient (Wildman–Crippen LogP) is 2.70. The summed E-state index contributed by atoms with van der Waals surface area (Å²) in [6, 6.07) is 7.69. The highest BCUT2D eigenvalue weighted by Gasteiger charge is 2.23. The molecule has 2 heterocycles. The van der Waals surface area contributed by atoms with Crippen LogP contribution >= 0.6 is 0 Å². The predicted molar refractivity (Wildman–Crippen MR) is 85.7 cm³/mol. The SMILES string of the molecule is C/C(=N/OCCN1CCCCC1)C1COc2ccccc2O1. The highest BCUT2D eigenvalue weighted by Crippen LogP contribution is 2.31. The fourth-order valence-corrected chi connectivity index (χ4v) is 2.78. The molecule has 2 aliphatic heterocycles. The number of ether oxygens (including phenoxy) is 2. The van der Waals surface area contributed by atoms with Gasteiger partial charge in [0.15, 0.2) is 17.6 Å². The van der Waals surface area contributed by atoms with Crippen LogP contribution in [-0.4, -0.2) is 49.6 Å². The lowest BCUT2D eigenvalue weighted by molar-refractivity contribution is 0.0935. The molecule has 1 aromatic rings. The van der Waals surface area contributed by atoms with Gasteiger partial charge in [-0.25, -0.2) is 0 Å². The summed E-state index contributed by atoms with van der Waals surface area (Å²) in [4.78, 5) is 7.89. The third-order valence-corrected chi connectivity index (χ3v) is 4.13. The van der Waals surface area contributed by atoms with E-state index >= 15 is 0 Å². The maximum Gasteiger partial charge on any atom is 0.174 e. The summed E-state index contributed by atoms with van der Waals surface area (Å²) in [6.07, 6.45) is 3.78. The molecule has 0 aromatic heterocycles. The van der Waals surface area contributed by atoms with E-state index in [-0.39, 0.29) is 6.10 Å². The summed E-state index contributed by atoms with van der Waals surface area (Å²) in [5, 5.41) is 4.19. The summed E-state index contributed by atoms with van der Waals surface area (Å²) < 4.78 is 11.6. The number of hydrogen-bond acceptors (Lipinski definition) is 5. The Morgan fingerprint density at radius 3 is 2.82 bits per heavy atom. The lowest BCUT2D eigenvalue weighted by atomic mass is 10.1. The summed E-state index contributed by atoms with van der Waals surface area (Å²) in [5.74, 6) is 1.55. The Hall–Kier alpha value is -1.75. The minimum atomic E-state index is -0.176. The van der Waals surface area contributed by atoms with Gasteiger partial charge in [0.2, 0.25) is 0 Å². The van der Waals surface area contributed by atoms with E-state index < -0.39 is 0 Å². The second-order valence-corrected chi connectivity index (χ2v) is 5.83. The molecule has 0 aliphatic carbocycles. The van der Waals surface area contributed by atoms with E-state index in [0.717, 1.165) is 23.8 Å². The van der Waals surface area contributed by atoms with E-state index in [9.17, 15) is 0 Å². The van der Waals surface area contributed by atoms with E-state index in [2.05, 4.69) is 10.1 Å². The molecule has 0 amide bonds. The van der Waals surface area contributed by atoms with Crippen LogP contribution in [0.4, 0.5) is 0 Å². The molecule has 5 nitrogen and oxygen atoms in total. The number of oxime groups is 1. The Kier molecular flexibility index (Phi) is 5.16. The van der Waals surface area contributed by atoms with Crippen molar-refractivity contribution in [3.05, 3.63) is 24.3 Å². The van der Waals surface area contributed by atoms with Crippen molar-refractivity contribution in [2.45, 2.75) is 32.3 Å². The van der Waals surface area contributed by atoms with Gasteiger partial charge in [0.05, 0.1) is 5.71 Å². The number of piperidine rings is 1. The number of benzene rings is 1. The highest BCUT2D eigenvalue weighted by atomic mass is 16.6. The van der Waals surface area contributed by atoms with Gasteiger partial charge in [-0.1, -0.05) is 23.7 Å². The molecule has 0 spiro atoms. The van der Waals surface area contributed by atoms with Crippen molar-refractivity contribution in [3.8, 4) is 11.5 Å². The average molecular weight is 304 g/mol. The third-order valence-electron chi connectivity index (χ3n) is 4.13. The first-order valence-electron chi connectivity index (χ1n) is 8.10. The second kappa shape index (κ2) is 7.49. The van der Waals surface area contributed by atoms with Crippen molar-refractivity contribution in [2.75, 3.05) is 32.8 Å². The Balaban J connectivity index is 1.44. The van der Waals surface area contributed by atoms with Crippen LogP contribution in [0.2, 0.25) is 0 Å². The van der Waals surface area contributed by atoms with Gasteiger partial charge in [0.25, 0.3) is 0 Å². The first kappa shape index (κ1) is 15.2. The van der Waals surface area contributed by atoms with Gasteiger partial charge < -0.3 is 14.3 Å². The molecule has 0 radical (unpaired) electrons. The van der Waals surface area contributed by atoms with Crippen molar-refractivity contribution in [1.29, 1.82) is 0 Å². The van der Waals surface area contributed by atoms with Gasteiger partial charge in [-0.05, 0) is 45.0 Å². The minimum absolute atomic E-state index is 0.176. The molecule has 5 heteroatoms. The lowest BCUT2D eigenvalue weighted by Gasteiger charge is -2.26. The molecule has 1 aromatic carbocycles. The van der Waals surface area contributed by atoms with Crippen LogP contribution < -0.4 is 9.47 Å². The molecule has 1 unspecified atom stereocenters. The fourth-order valence-electron chi connectivity index (χ4n) is 2.78. The lowest BCUT2D eigenvalue weighted by Crippen LogP contribution is -2.35. The van der Waals surface area contributed by atoms with E-state index in [4.69, 9.17) is 14.3 Å². The van der Waals surface area contributed by atoms with Crippen LogP contribution in [0.3, 0.4) is 0 Å². The third kappa shape index (κ3) is 3.91. The monoisotopic (exact) mass is 304 g/mol. The van der Waals surface area contributed by atoms with Crippen molar-refractivity contribution in [3.63, 3.8) is 0 Å². The Morgan fingerprint density at radius 2 is 2.00 bits per heavy atom. The fraction of sp³-hybridized carbons (Fsp3) is 0.588. The van der Waals surface area contributed by atoms with Gasteiger partial charge in [-0.3, -0.25) is 4.90 Å². The quantitative estimate of drug-likeness (QED) is 0.476. The maximum atomic E-state index is 5.89. The molecular weight excluding hydrogens is 280 g/mol. The minimum Gasteiger partial charge on any atom is -0.485 e. The molecule has 1 fully saturated rings. The van der Waals surface area contributed by atoms with Crippen LogP contribution in [0, 0.1) is 0 Å². The number of likely N-dealkylation sites (tertiary alicyclic amines) is 1. The largest absolute Gasteiger partial charge is 0.485 e. The van der Waals surface area contributed by atoms with Crippen molar-refractivity contribution < 1.29 is 14.3 Å². The maximum absolute atomic E-state index is 5.89. The molecule has 22 heavy (non-hydrogen) atoms. The number of para-hydroxylation sites is 2. The Bertz CT molecular complexity index is 512. The van der Waals surface area contributed by atoms with E-state index in [1.165, 1.54) is 32.4 Å². The molecule has 3 rings (SSSR count). The first-order chi connectivity index (χ1) is 10.8. The average Bonchev–Trinajstić information content (AvgIpc) is 2.59. The molecular formula is C17H24N2O3. The van der Waals surface area contributed by atoms with Gasteiger partial charge in [-0.2, -0.15) is 0 Å². The molecule has 120 valence electrons. The van der Waals surface area contributed by atoms with Gasteiger partial charge in [0, 0.05) is 6.54 Å². The van der Waals surface area contributed by atoms with Crippen LogP contribution in [-0.2, 0) is 4.84 Å². The normalized spacial score (nSPS) is 22.4. The summed E-state index contributed by atoms with van der Waals surface area (Å²) in [7, 11) is 0. The molecule has 0 saturated carbocycles. The highest BCUT2D eigenvalue weighted by molar-refractivity contribution is 5.86. The van der Waals surface area contributed by atoms with Crippen LogP contribution in [0.5, 0.6) is 11.5 Å². The van der Waals surface area contributed by atoms with Crippen molar-refractivity contribution >= 4 is 5.71 Å². The van der Waals surface area contributed by atoms with Crippen molar-refractivity contribution in [2.24, 2.45) is 5.16 Å². The van der Waals surface area contributed by atoms with E-state index in [1.54, 1.807) is 0 Å². The Labute approximate surface area is 131 Å².